The van der Waals surface area contributed by atoms with Crippen LogP contribution in [0.25, 0.3) is 0 Å². The van der Waals surface area contributed by atoms with Gasteiger partial charge in [0.2, 0.25) is 0 Å². The van der Waals surface area contributed by atoms with Crippen LogP contribution < -0.4 is 10.5 Å². The first-order chi connectivity index (χ1) is 7.61. The lowest BCUT2D eigenvalue weighted by atomic mass is 10.1. The summed E-state index contributed by atoms with van der Waals surface area (Å²) in [6, 6.07) is 6.00. The van der Waals surface area contributed by atoms with Gasteiger partial charge in [-0.1, -0.05) is 29.8 Å². The van der Waals surface area contributed by atoms with Gasteiger partial charge in [0.15, 0.2) is 0 Å². The summed E-state index contributed by atoms with van der Waals surface area (Å²) in [6.45, 7) is 5.78. The maximum Gasteiger partial charge on any atom is 0.120 e. The van der Waals surface area contributed by atoms with Crippen molar-refractivity contribution in [2.45, 2.75) is 33.2 Å². The summed E-state index contributed by atoms with van der Waals surface area (Å²) in [5.41, 5.74) is 6.70. The first-order valence-corrected chi connectivity index (χ1v) is 6.53. The average Bonchev–Trinajstić information content (AvgIpc) is 2.23. The van der Waals surface area contributed by atoms with E-state index in [1.165, 1.54) is 6.42 Å². The van der Waals surface area contributed by atoms with Gasteiger partial charge in [0.05, 0.1) is 6.61 Å². The van der Waals surface area contributed by atoms with Crippen LogP contribution in [0.3, 0.4) is 0 Å². The lowest BCUT2D eigenvalue weighted by Gasteiger charge is -2.09. The second-order valence-corrected chi connectivity index (χ2v) is 5.30. The topological polar surface area (TPSA) is 35.2 Å². The highest BCUT2D eigenvalue weighted by atomic mass is 79.9. The molecule has 1 aromatic carbocycles. The number of hydrogen-bond donors (Lipinski definition) is 1. The molecule has 0 amide bonds. The van der Waals surface area contributed by atoms with E-state index in [0.29, 0.717) is 6.54 Å². The third-order valence-corrected chi connectivity index (χ3v) is 2.82. The van der Waals surface area contributed by atoms with Crippen LogP contribution in [0.4, 0.5) is 0 Å². The maximum absolute atomic E-state index is 5.69. The molecule has 1 rings (SSSR count). The van der Waals surface area contributed by atoms with Crippen molar-refractivity contribution in [2.24, 2.45) is 11.7 Å². The zero-order valence-electron chi connectivity index (χ0n) is 10.0. The lowest BCUT2D eigenvalue weighted by molar-refractivity contribution is 0.297. The Morgan fingerprint density at radius 3 is 2.69 bits per heavy atom. The van der Waals surface area contributed by atoms with Crippen LogP contribution in [0.5, 0.6) is 5.75 Å². The number of ether oxygens (including phenoxy) is 1. The molecule has 0 aromatic heterocycles. The highest BCUT2D eigenvalue weighted by molar-refractivity contribution is 9.10. The number of benzene rings is 1. The van der Waals surface area contributed by atoms with Gasteiger partial charge in [0, 0.05) is 11.0 Å². The van der Waals surface area contributed by atoms with E-state index >= 15 is 0 Å². The summed E-state index contributed by atoms with van der Waals surface area (Å²) < 4.78 is 6.72. The Kier molecular flexibility index (Phi) is 5.85. The lowest BCUT2D eigenvalue weighted by Crippen LogP contribution is -2.01. The summed E-state index contributed by atoms with van der Waals surface area (Å²) >= 11 is 3.45. The molecule has 0 unspecified atom stereocenters. The standard InChI is InChI=1S/C13H20BrNO/c1-10(2)4-3-5-16-13-7-11(9-15)6-12(14)8-13/h6-8,10H,3-5,9,15H2,1-2H3. The second kappa shape index (κ2) is 6.92. The fourth-order valence-corrected chi connectivity index (χ4v) is 2.02. The van der Waals surface area contributed by atoms with Crippen molar-refractivity contribution in [1.82, 2.24) is 0 Å². The highest BCUT2D eigenvalue weighted by Crippen LogP contribution is 2.21. The summed E-state index contributed by atoms with van der Waals surface area (Å²) in [6.07, 6.45) is 2.31. The van der Waals surface area contributed by atoms with Gasteiger partial charge in [-0.05, 0) is 42.5 Å². The third-order valence-electron chi connectivity index (χ3n) is 2.36. The normalized spacial score (nSPS) is 10.8. The zero-order valence-corrected chi connectivity index (χ0v) is 11.6. The van der Waals surface area contributed by atoms with Crippen LogP contribution in [0.15, 0.2) is 22.7 Å². The SMILES string of the molecule is CC(C)CCCOc1cc(Br)cc(CN)c1. The molecule has 16 heavy (non-hydrogen) atoms. The van der Waals surface area contributed by atoms with Gasteiger partial charge in [-0.2, -0.15) is 0 Å². The molecule has 0 bridgehead atoms. The largest absolute Gasteiger partial charge is 0.494 e. The first-order valence-electron chi connectivity index (χ1n) is 5.74. The van der Waals surface area contributed by atoms with Crippen LogP contribution in [0.2, 0.25) is 0 Å². The Hall–Kier alpha value is -0.540. The van der Waals surface area contributed by atoms with Gasteiger partial charge in [-0.25, -0.2) is 0 Å². The summed E-state index contributed by atoms with van der Waals surface area (Å²) in [5, 5.41) is 0. The van der Waals surface area contributed by atoms with Gasteiger partial charge in [0.1, 0.15) is 5.75 Å². The Bertz CT molecular complexity index is 326. The Morgan fingerprint density at radius 2 is 2.06 bits per heavy atom. The van der Waals surface area contributed by atoms with E-state index in [9.17, 15) is 0 Å². The van der Waals surface area contributed by atoms with Gasteiger partial charge >= 0.3 is 0 Å². The van der Waals surface area contributed by atoms with E-state index in [1.54, 1.807) is 0 Å². The minimum atomic E-state index is 0.543. The predicted octanol–water partition coefficient (Wildman–Crippen LogP) is 3.72. The average molecular weight is 286 g/mol. The molecule has 3 heteroatoms. The quantitative estimate of drug-likeness (QED) is 0.809. The molecule has 1 aromatic rings. The van der Waals surface area contributed by atoms with Crippen molar-refractivity contribution in [2.75, 3.05) is 6.61 Å². The van der Waals surface area contributed by atoms with Gasteiger partial charge in [-0.3, -0.25) is 0 Å². The van der Waals surface area contributed by atoms with Crippen LogP contribution in [0, 0.1) is 5.92 Å². The van der Waals surface area contributed by atoms with E-state index in [2.05, 4.69) is 29.8 Å². The second-order valence-electron chi connectivity index (χ2n) is 4.38. The van der Waals surface area contributed by atoms with E-state index in [1.807, 2.05) is 18.2 Å². The smallest absolute Gasteiger partial charge is 0.120 e. The number of halogens is 1. The number of nitrogens with two attached hydrogens (primary N) is 1. The Balaban J connectivity index is 2.44. The molecule has 0 saturated heterocycles. The van der Waals surface area contributed by atoms with Crippen LogP contribution in [0.1, 0.15) is 32.3 Å². The molecule has 0 aliphatic rings. The van der Waals surface area contributed by atoms with Crippen LogP contribution in [-0.2, 0) is 6.54 Å². The van der Waals surface area contributed by atoms with Crippen molar-refractivity contribution < 1.29 is 4.74 Å². The fraction of sp³-hybridized carbons (Fsp3) is 0.538. The fourth-order valence-electron chi connectivity index (χ4n) is 1.50. The van der Waals surface area contributed by atoms with Gasteiger partial charge < -0.3 is 10.5 Å². The minimum absolute atomic E-state index is 0.543. The summed E-state index contributed by atoms with van der Waals surface area (Å²) in [5.74, 6) is 1.64. The van der Waals surface area contributed by atoms with Crippen molar-refractivity contribution >= 4 is 15.9 Å². The molecule has 0 atom stereocenters. The molecule has 2 N–H and O–H groups in total. The van der Waals surface area contributed by atoms with Gasteiger partial charge in [-0.15, -0.1) is 0 Å². The maximum atomic E-state index is 5.69. The third kappa shape index (κ3) is 4.99. The van der Waals surface area contributed by atoms with Crippen molar-refractivity contribution in [3.05, 3.63) is 28.2 Å². The molecule has 0 aliphatic heterocycles. The van der Waals surface area contributed by atoms with Crippen LogP contribution >= 0.6 is 15.9 Å². The molecule has 0 radical (unpaired) electrons. The molecule has 0 aliphatic carbocycles. The zero-order chi connectivity index (χ0) is 12.0. The van der Waals surface area contributed by atoms with E-state index in [-0.39, 0.29) is 0 Å². The first kappa shape index (κ1) is 13.5. The molecule has 0 fully saturated rings. The van der Waals surface area contributed by atoms with E-state index < -0.39 is 0 Å². The molecule has 0 heterocycles. The number of hydrogen-bond acceptors (Lipinski definition) is 2. The Labute approximate surface area is 106 Å². The van der Waals surface area contributed by atoms with Crippen molar-refractivity contribution in [3.8, 4) is 5.75 Å². The highest BCUT2D eigenvalue weighted by Gasteiger charge is 2.00. The van der Waals surface area contributed by atoms with Gasteiger partial charge in [0.25, 0.3) is 0 Å². The molecule has 0 spiro atoms. The molecule has 2 nitrogen and oxygen atoms in total. The Morgan fingerprint density at radius 1 is 1.31 bits per heavy atom. The van der Waals surface area contributed by atoms with Crippen molar-refractivity contribution in [1.29, 1.82) is 0 Å². The molecule has 0 saturated carbocycles. The number of rotatable bonds is 6. The summed E-state index contributed by atoms with van der Waals surface area (Å²) in [7, 11) is 0. The molecule has 90 valence electrons. The monoisotopic (exact) mass is 285 g/mol. The van der Waals surface area contributed by atoms with Crippen LogP contribution in [-0.4, -0.2) is 6.61 Å². The summed E-state index contributed by atoms with van der Waals surface area (Å²) in [4.78, 5) is 0. The molecular weight excluding hydrogens is 266 g/mol. The minimum Gasteiger partial charge on any atom is -0.494 e. The molecular formula is C13H20BrNO. The van der Waals surface area contributed by atoms with Crippen molar-refractivity contribution in [3.63, 3.8) is 0 Å². The van der Waals surface area contributed by atoms with E-state index in [4.69, 9.17) is 10.5 Å². The predicted molar refractivity (Wildman–Crippen MR) is 71.6 cm³/mol. The van der Waals surface area contributed by atoms with E-state index in [0.717, 1.165) is 34.7 Å².